The van der Waals surface area contributed by atoms with Crippen LogP contribution in [0.3, 0.4) is 0 Å². The molecule has 1 aromatic rings. The van der Waals surface area contributed by atoms with E-state index in [0.717, 1.165) is 10.6 Å². The van der Waals surface area contributed by atoms with Gasteiger partial charge in [-0.15, -0.1) is 11.3 Å². The van der Waals surface area contributed by atoms with Crippen LogP contribution in [-0.4, -0.2) is 28.5 Å². The summed E-state index contributed by atoms with van der Waals surface area (Å²) in [7, 11) is 1.79. The average Bonchev–Trinajstić information content (AvgIpc) is 2.49. The summed E-state index contributed by atoms with van der Waals surface area (Å²) in [4.78, 5) is 18.8. The Morgan fingerprint density at radius 2 is 2.19 bits per heavy atom. The molecule has 5 heteroatoms. The van der Waals surface area contributed by atoms with Gasteiger partial charge in [0.15, 0.2) is 0 Å². The van der Waals surface area contributed by atoms with Gasteiger partial charge in [0, 0.05) is 17.5 Å². The monoisotopic (exact) mass is 241 g/mol. The molecular formula is C11H19N3OS. The maximum atomic E-state index is 11.8. The number of amides is 2. The third-order valence-electron chi connectivity index (χ3n) is 2.05. The predicted molar refractivity (Wildman–Crippen MR) is 66.6 cm³/mol. The number of aryl methyl sites for hydroxylation is 1. The van der Waals surface area contributed by atoms with Crippen molar-refractivity contribution in [1.82, 2.24) is 15.2 Å². The van der Waals surface area contributed by atoms with Gasteiger partial charge in [-0.1, -0.05) is 0 Å². The van der Waals surface area contributed by atoms with E-state index in [1.807, 2.05) is 27.7 Å². The zero-order valence-electron chi connectivity index (χ0n) is 10.5. The Balaban J connectivity index is 2.56. The molecule has 0 saturated carbocycles. The largest absolute Gasteiger partial charge is 0.333 e. The van der Waals surface area contributed by atoms with Crippen LogP contribution in [0.2, 0.25) is 0 Å². The molecule has 0 spiro atoms. The normalized spacial score (nSPS) is 11.3. The number of carbonyl (C=O) groups is 1. The zero-order chi connectivity index (χ0) is 12.3. The Morgan fingerprint density at radius 1 is 1.56 bits per heavy atom. The lowest BCUT2D eigenvalue weighted by molar-refractivity contribution is 0.197. The summed E-state index contributed by atoms with van der Waals surface area (Å²) in [5.41, 5.74) is 2.61. The molecule has 0 saturated heterocycles. The van der Waals surface area contributed by atoms with Crippen molar-refractivity contribution in [2.24, 2.45) is 0 Å². The number of nitrogens with one attached hydrogen (secondary N) is 1. The molecule has 0 aliphatic rings. The minimum absolute atomic E-state index is 0.0553. The van der Waals surface area contributed by atoms with Gasteiger partial charge in [0.25, 0.3) is 0 Å². The minimum Gasteiger partial charge on any atom is -0.333 e. The van der Waals surface area contributed by atoms with Crippen molar-refractivity contribution in [3.05, 3.63) is 16.1 Å². The number of nitrogens with zero attached hydrogens (tertiary/aromatic N) is 2. The molecule has 0 aliphatic carbocycles. The first-order valence-electron chi connectivity index (χ1n) is 5.22. The molecule has 0 atom stereocenters. The molecule has 16 heavy (non-hydrogen) atoms. The number of hydrogen-bond acceptors (Lipinski definition) is 3. The number of rotatable bonds is 2. The quantitative estimate of drug-likeness (QED) is 0.864. The summed E-state index contributed by atoms with van der Waals surface area (Å²) >= 11 is 1.58. The zero-order valence-corrected chi connectivity index (χ0v) is 11.3. The van der Waals surface area contributed by atoms with Gasteiger partial charge in [0.1, 0.15) is 0 Å². The molecule has 0 unspecified atom stereocenters. The van der Waals surface area contributed by atoms with Crippen LogP contribution in [0.15, 0.2) is 5.51 Å². The Labute approximate surface area is 101 Å². The van der Waals surface area contributed by atoms with E-state index in [9.17, 15) is 4.79 Å². The van der Waals surface area contributed by atoms with E-state index < -0.39 is 0 Å². The summed E-state index contributed by atoms with van der Waals surface area (Å²) in [6.07, 6.45) is 0. The molecule has 90 valence electrons. The number of hydrogen-bond donors (Lipinski definition) is 1. The third-order valence-corrected chi connectivity index (χ3v) is 2.97. The summed E-state index contributed by atoms with van der Waals surface area (Å²) in [5.74, 6) is 0. The van der Waals surface area contributed by atoms with Crippen LogP contribution < -0.4 is 5.32 Å². The number of carbonyl (C=O) groups excluding carboxylic acids is 1. The lowest BCUT2D eigenvalue weighted by Gasteiger charge is -2.25. The number of aromatic nitrogens is 1. The first kappa shape index (κ1) is 13.0. The topological polar surface area (TPSA) is 45.2 Å². The van der Waals surface area contributed by atoms with Gasteiger partial charge in [0.05, 0.1) is 17.7 Å². The summed E-state index contributed by atoms with van der Waals surface area (Å²) in [6.45, 7) is 8.48. The molecule has 0 fully saturated rings. The highest BCUT2D eigenvalue weighted by atomic mass is 32.1. The van der Waals surface area contributed by atoms with Gasteiger partial charge in [-0.05, 0) is 27.7 Å². The van der Waals surface area contributed by atoms with Crippen molar-refractivity contribution in [3.63, 3.8) is 0 Å². The maximum Gasteiger partial charge on any atom is 0.317 e. The molecule has 1 N–H and O–H groups in total. The van der Waals surface area contributed by atoms with Gasteiger partial charge in [-0.3, -0.25) is 0 Å². The van der Waals surface area contributed by atoms with Gasteiger partial charge >= 0.3 is 6.03 Å². The lowest BCUT2D eigenvalue weighted by atomic mass is 10.1. The minimum atomic E-state index is -0.200. The van der Waals surface area contributed by atoms with E-state index in [4.69, 9.17) is 0 Å². The van der Waals surface area contributed by atoms with Gasteiger partial charge in [-0.25, -0.2) is 9.78 Å². The second-order valence-corrected chi connectivity index (χ2v) is 5.84. The molecule has 1 aromatic heterocycles. The first-order chi connectivity index (χ1) is 7.29. The molecule has 0 aromatic carbocycles. The van der Waals surface area contributed by atoms with Gasteiger partial charge in [-0.2, -0.15) is 0 Å². The highest BCUT2D eigenvalue weighted by Gasteiger charge is 2.17. The SMILES string of the molecule is Cc1ncsc1CN(C)C(=O)NC(C)(C)C. The van der Waals surface area contributed by atoms with Gasteiger partial charge < -0.3 is 10.2 Å². The van der Waals surface area contributed by atoms with Crippen molar-refractivity contribution in [1.29, 1.82) is 0 Å². The second kappa shape index (κ2) is 4.82. The first-order valence-corrected chi connectivity index (χ1v) is 6.10. The summed E-state index contributed by atoms with van der Waals surface area (Å²) < 4.78 is 0. The van der Waals surface area contributed by atoms with Crippen LogP contribution >= 0.6 is 11.3 Å². The fraction of sp³-hybridized carbons (Fsp3) is 0.636. The highest BCUT2D eigenvalue weighted by Crippen LogP contribution is 2.14. The van der Waals surface area contributed by atoms with E-state index in [0.29, 0.717) is 6.54 Å². The fourth-order valence-corrected chi connectivity index (χ4v) is 2.01. The third kappa shape index (κ3) is 3.81. The Morgan fingerprint density at radius 3 is 2.62 bits per heavy atom. The predicted octanol–water partition coefficient (Wildman–Crippen LogP) is 2.39. The maximum absolute atomic E-state index is 11.8. The van der Waals surface area contributed by atoms with Crippen LogP contribution in [0.1, 0.15) is 31.3 Å². The Bertz CT molecular complexity index is 368. The number of urea groups is 1. The van der Waals surface area contributed by atoms with Crippen molar-refractivity contribution in [2.75, 3.05) is 7.05 Å². The molecular weight excluding hydrogens is 222 g/mol. The lowest BCUT2D eigenvalue weighted by Crippen LogP contribution is -2.46. The molecule has 1 rings (SSSR count). The Hall–Kier alpha value is -1.10. The standard InChI is InChI=1S/C11H19N3OS/c1-8-9(16-7-12-8)6-14(5)10(15)13-11(2,3)4/h7H,6H2,1-5H3,(H,13,15). The highest BCUT2D eigenvalue weighted by molar-refractivity contribution is 7.09. The van der Waals surface area contributed by atoms with E-state index >= 15 is 0 Å². The van der Waals surface area contributed by atoms with Crippen LogP contribution in [-0.2, 0) is 6.54 Å². The van der Waals surface area contributed by atoms with Crippen LogP contribution in [0, 0.1) is 6.92 Å². The molecule has 1 heterocycles. The molecule has 2 amide bonds. The Kier molecular flexibility index (Phi) is 3.91. The van der Waals surface area contributed by atoms with Crippen molar-refractivity contribution in [3.8, 4) is 0 Å². The smallest absolute Gasteiger partial charge is 0.317 e. The average molecular weight is 241 g/mol. The molecule has 4 nitrogen and oxygen atoms in total. The van der Waals surface area contributed by atoms with Crippen molar-refractivity contribution < 1.29 is 4.79 Å². The fourth-order valence-electron chi connectivity index (χ4n) is 1.18. The molecule has 0 aliphatic heterocycles. The summed E-state index contributed by atoms with van der Waals surface area (Å²) in [6, 6.07) is -0.0553. The van der Waals surface area contributed by atoms with Crippen molar-refractivity contribution >= 4 is 17.4 Å². The van der Waals surface area contributed by atoms with Crippen LogP contribution in [0.5, 0.6) is 0 Å². The molecule has 0 bridgehead atoms. The van der Waals surface area contributed by atoms with E-state index in [2.05, 4.69) is 10.3 Å². The second-order valence-electron chi connectivity index (χ2n) is 4.90. The van der Waals surface area contributed by atoms with Crippen LogP contribution in [0.25, 0.3) is 0 Å². The van der Waals surface area contributed by atoms with Gasteiger partial charge in [0.2, 0.25) is 0 Å². The van der Waals surface area contributed by atoms with E-state index in [1.54, 1.807) is 28.8 Å². The summed E-state index contributed by atoms with van der Waals surface area (Å²) in [5, 5.41) is 2.92. The molecule has 0 radical (unpaired) electrons. The van der Waals surface area contributed by atoms with Crippen molar-refractivity contribution in [2.45, 2.75) is 39.8 Å². The van der Waals surface area contributed by atoms with E-state index in [-0.39, 0.29) is 11.6 Å². The van der Waals surface area contributed by atoms with Crippen LogP contribution in [0.4, 0.5) is 4.79 Å². The number of thiazole rings is 1. The van der Waals surface area contributed by atoms with E-state index in [1.165, 1.54) is 0 Å².